The molecule has 1 aliphatic rings. The van der Waals surface area contributed by atoms with Crippen LogP contribution in [0.3, 0.4) is 0 Å². The minimum Gasteiger partial charge on any atom is -0.497 e. The van der Waals surface area contributed by atoms with Crippen molar-refractivity contribution >= 4 is 0 Å². The molecule has 1 heterocycles. The van der Waals surface area contributed by atoms with E-state index in [2.05, 4.69) is 4.90 Å². The van der Waals surface area contributed by atoms with Crippen LogP contribution in [0.15, 0.2) is 18.2 Å². The van der Waals surface area contributed by atoms with Gasteiger partial charge in [-0.2, -0.15) is 0 Å². The van der Waals surface area contributed by atoms with Crippen molar-refractivity contribution in [1.82, 2.24) is 4.90 Å². The zero-order valence-corrected chi connectivity index (χ0v) is 12.1. The van der Waals surface area contributed by atoms with E-state index in [-0.39, 0.29) is 11.9 Å². The van der Waals surface area contributed by atoms with Crippen molar-refractivity contribution in [3.05, 3.63) is 29.6 Å². The summed E-state index contributed by atoms with van der Waals surface area (Å²) in [6.45, 7) is 3.62. The average Bonchev–Trinajstić information content (AvgIpc) is 2.47. The molecule has 1 aliphatic heterocycles. The first-order chi connectivity index (χ1) is 9.72. The molecule has 0 aliphatic carbocycles. The molecule has 1 aromatic carbocycles. The molecule has 0 saturated carbocycles. The van der Waals surface area contributed by atoms with Gasteiger partial charge in [0.15, 0.2) is 0 Å². The molecule has 1 unspecified atom stereocenters. The van der Waals surface area contributed by atoms with Gasteiger partial charge in [-0.05, 0) is 12.5 Å². The van der Waals surface area contributed by atoms with E-state index in [4.69, 9.17) is 14.2 Å². The van der Waals surface area contributed by atoms with Crippen LogP contribution >= 0.6 is 0 Å². The number of rotatable bonds is 6. The lowest BCUT2D eigenvalue weighted by molar-refractivity contribution is -0.0435. The van der Waals surface area contributed by atoms with Crippen LogP contribution in [0.2, 0.25) is 0 Å². The van der Waals surface area contributed by atoms with Crippen LogP contribution in [0.5, 0.6) is 5.75 Å². The summed E-state index contributed by atoms with van der Waals surface area (Å²) in [5.74, 6) is 0.329. The monoisotopic (exact) mass is 283 g/mol. The maximum absolute atomic E-state index is 13.9. The Morgan fingerprint density at radius 1 is 1.40 bits per heavy atom. The van der Waals surface area contributed by atoms with Crippen LogP contribution in [0.25, 0.3) is 0 Å². The fourth-order valence-corrected chi connectivity index (χ4v) is 2.37. The van der Waals surface area contributed by atoms with Gasteiger partial charge >= 0.3 is 0 Å². The maximum atomic E-state index is 13.9. The summed E-state index contributed by atoms with van der Waals surface area (Å²) in [5, 5.41) is 0. The molecule has 0 radical (unpaired) electrons. The van der Waals surface area contributed by atoms with Crippen molar-refractivity contribution < 1.29 is 18.6 Å². The molecule has 0 N–H and O–H groups in total. The molecule has 2 rings (SSSR count). The van der Waals surface area contributed by atoms with Gasteiger partial charge < -0.3 is 14.2 Å². The summed E-state index contributed by atoms with van der Waals surface area (Å²) in [4.78, 5) is 2.22. The van der Waals surface area contributed by atoms with Gasteiger partial charge in [-0.15, -0.1) is 0 Å². The minimum atomic E-state index is -0.218. The van der Waals surface area contributed by atoms with Gasteiger partial charge in [0.2, 0.25) is 0 Å². The third-order valence-electron chi connectivity index (χ3n) is 3.52. The van der Waals surface area contributed by atoms with Crippen LogP contribution in [0, 0.1) is 5.82 Å². The van der Waals surface area contributed by atoms with Gasteiger partial charge in [0.25, 0.3) is 0 Å². The molecule has 4 nitrogen and oxygen atoms in total. The van der Waals surface area contributed by atoms with E-state index < -0.39 is 0 Å². The lowest BCUT2D eigenvalue weighted by atomic mass is 10.1. The van der Waals surface area contributed by atoms with Crippen molar-refractivity contribution in [1.29, 1.82) is 0 Å². The molecule has 112 valence electrons. The summed E-state index contributed by atoms with van der Waals surface area (Å²) in [6.07, 6.45) is 1.04. The second-order valence-electron chi connectivity index (χ2n) is 4.97. The lowest BCUT2D eigenvalue weighted by Gasteiger charge is -2.33. The lowest BCUT2D eigenvalue weighted by Crippen LogP contribution is -2.42. The largest absolute Gasteiger partial charge is 0.497 e. The third-order valence-corrected chi connectivity index (χ3v) is 3.52. The molecule has 5 heteroatoms. The van der Waals surface area contributed by atoms with Crippen molar-refractivity contribution in [2.24, 2.45) is 0 Å². The molecule has 20 heavy (non-hydrogen) atoms. The smallest absolute Gasteiger partial charge is 0.131 e. The fourth-order valence-electron chi connectivity index (χ4n) is 2.37. The first kappa shape index (κ1) is 15.2. The SMILES string of the molecule is COCCC1CN(Cc2ccc(OC)cc2F)CCO1. The number of halogens is 1. The molecule has 1 saturated heterocycles. The first-order valence-electron chi connectivity index (χ1n) is 6.88. The highest BCUT2D eigenvalue weighted by atomic mass is 19.1. The highest BCUT2D eigenvalue weighted by Gasteiger charge is 2.21. The van der Waals surface area contributed by atoms with Crippen molar-refractivity contribution in [3.63, 3.8) is 0 Å². The van der Waals surface area contributed by atoms with Gasteiger partial charge in [0.05, 0.1) is 19.8 Å². The molecular formula is C15H22FNO3. The Balaban J connectivity index is 1.92. The zero-order chi connectivity index (χ0) is 14.4. The van der Waals surface area contributed by atoms with Crippen LogP contribution in [-0.2, 0) is 16.0 Å². The van der Waals surface area contributed by atoms with Crippen LogP contribution in [0.1, 0.15) is 12.0 Å². The average molecular weight is 283 g/mol. The summed E-state index contributed by atoms with van der Waals surface area (Å²) in [5.41, 5.74) is 0.693. The van der Waals surface area contributed by atoms with Gasteiger partial charge in [0, 0.05) is 45.0 Å². The van der Waals surface area contributed by atoms with E-state index in [0.717, 1.165) is 19.5 Å². The number of benzene rings is 1. The Morgan fingerprint density at radius 2 is 2.25 bits per heavy atom. The second-order valence-corrected chi connectivity index (χ2v) is 4.97. The Labute approximate surface area is 119 Å². The van der Waals surface area contributed by atoms with Crippen LogP contribution < -0.4 is 4.74 Å². The predicted octanol–water partition coefficient (Wildman–Crippen LogP) is 2.07. The number of methoxy groups -OCH3 is 2. The van der Waals surface area contributed by atoms with E-state index in [1.54, 1.807) is 19.2 Å². The number of hydrogen-bond donors (Lipinski definition) is 0. The molecular weight excluding hydrogens is 261 g/mol. The highest BCUT2D eigenvalue weighted by molar-refractivity contribution is 5.28. The van der Waals surface area contributed by atoms with Gasteiger partial charge in [0.1, 0.15) is 11.6 Å². The van der Waals surface area contributed by atoms with Crippen molar-refractivity contribution in [2.75, 3.05) is 40.5 Å². The first-order valence-corrected chi connectivity index (χ1v) is 6.88. The van der Waals surface area contributed by atoms with E-state index >= 15 is 0 Å². The molecule has 0 amide bonds. The van der Waals surface area contributed by atoms with E-state index in [9.17, 15) is 4.39 Å². The molecule has 1 fully saturated rings. The normalized spacial score (nSPS) is 20.1. The Kier molecular flexibility index (Phi) is 5.76. The van der Waals surface area contributed by atoms with E-state index in [1.165, 1.54) is 13.2 Å². The maximum Gasteiger partial charge on any atom is 0.131 e. The van der Waals surface area contributed by atoms with Crippen LogP contribution in [0.4, 0.5) is 4.39 Å². The molecule has 0 spiro atoms. The predicted molar refractivity (Wildman–Crippen MR) is 74.5 cm³/mol. The van der Waals surface area contributed by atoms with E-state index in [1.807, 2.05) is 0 Å². The number of morpholine rings is 1. The Bertz CT molecular complexity index is 428. The molecule has 0 bridgehead atoms. The summed E-state index contributed by atoms with van der Waals surface area (Å²) < 4.78 is 29.7. The highest BCUT2D eigenvalue weighted by Crippen LogP contribution is 2.19. The van der Waals surface area contributed by atoms with Gasteiger partial charge in [-0.3, -0.25) is 4.90 Å². The Hall–Kier alpha value is -1.17. The number of ether oxygens (including phenoxy) is 3. The number of nitrogens with zero attached hydrogens (tertiary/aromatic N) is 1. The van der Waals surface area contributed by atoms with Gasteiger partial charge in [-0.25, -0.2) is 4.39 Å². The molecule has 1 aromatic rings. The Morgan fingerprint density at radius 3 is 2.95 bits per heavy atom. The van der Waals surface area contributed by atoms with Crippen LogP contribution in [-0.4, -0.2) is 51.5 Å². The number of hydrogen-bond acceptors (Lipinski definition) is 4. The summed E-state index contributed by atoms with van der Waals surface area (Å²) in [7, 11) is 3.23. The fraction of sp³-hybridized carbons (Fsp3) is 0.600. The zero-order valence-electron chi connectivity index (χ0n) is 12.1. The minimum absolute atomic E-state index is 0.171. The quantitative estimate of drug-likeness (QED) is 0.800. The molecule has 0 aromatic heterocycles. The third kappa shape index (κ3) is 4.16. The van der Waals surface area contributed by atoms with Gasteiger partial charge in [-0.1, -0.05) is 6.07 Å². The summed E-state index contributed by atoms with van der Waals surface area (Å²) >= 11 is 0. The summed E-state index contributed by atoms with van der Waals surface area (Å²) in [6, 6.07) is 5.01. The van der Waals surface area contributed by atoms with E-state index in [0.29, 0.717) is 31.1 Å². The van der Waals surface area contributed by atoms with Crippen molar-refractivity contribution in [3.8, 4) is 5.75 Å². The standard InChI is InChI=1S/C15H22FNO3/c1-18-7-5-14-11-17(6-8-20-14)10-12-3-4-13(19-2)9-15(12)16/h3-4,9,14H,5-8,10-11H2,1-2H3. The molecule has 1 atom stereocenters. The topological polar surface area (TPSA) is 30.9 Å². The second kappa shape index (κ2) is 7.57. The van der Waals surface area contributed by atoms with Crippen molar-refractivity contribution in [2.45, 2.75) is 19.1 Å².